The van der Waals surface area contributed by atoms with Gasteiger partial charge in [0.1, 0.15) is 11.9 Å². The highest BCUT2D eigenvalue weighted by Gasteiger charge is 2.20. The van der Waals surface area contributed by atoms with Crippen LogP contribution in [0.4, 0.5) is 14.9 Å². The Hall–Kier alpha value is -1.28. The molecule has 0 aliphatic rings. The predicted molar refractivity (Wildman–Crippen MR) is 80.7 cm³/mol. The minimum Gasteiger partial charge on any atom is -0.480 e. The van der Waals surface area contributed by atoms with E-state index in [0.717, 1.165) is 0 Å². The van der Waals surface area contributed by atoms with E-state index in [4.69, 9.17) is 5.11 Å². The highest BCUT2D eigenvalue weighted by molar-refractivity contribution is 9.10. The van der Waals surface area contributed by atoms with Crippen LogP contribution in [0.15, 0.2) is 22.7 Å². The molecular weight excluding hydrogens is 351 g/mol. The number of carboxylic acids is 1. The van der Waals surface area contributed by atoms with Crippen LogP contribution in [0.5, 0.6) is 0 Å². The van der Waals surface area contributed by atoms with Gasteiger partial charge in [0.25, 0.3) is 0 Å². The van der Waals surface area contributed by atoms with Gasteiger partial charge in [-0.15, -0.1) is 0 Å². The molecule has 0 heterocycles. The standard InChI is InChI=1S/C12H14BrFN2O3S/c1-20-6-5-9(11(17)18)15-12(19)16-10-7(13)3-2-4-8(10)14/h2-4,9H,5-6H2,1H3,(H,17,18)(H2,15,16,19)/t9-/m1/s1. The molecule has 0 fully saturated rings. The van der Waals surface area contributed by atoms with Crippen molar-refractivity contribution in [3.05, 3.63) is 28.5 Å². The predicted octanol–water partition coefficient (Wildman–Crippen LogP) is 2.92. The molecule has 0 aliphatic heterocycles. The van der Waals surface area contributed by atoms with E-state index in [1.54, 1.807) is 6.07 Å². The fourth-order valence-corrected chi connectivity index (χ4v) is 2.33. The molecule has 20 heavy (non-hydrogen) atoms. The van der Waals surface area contributed by atoms with Crippen LogP contribution in [0.1, 0.15) is 6.42 Å². The summed E-state index contributed by atoms with van der Waals surface area (Å²) < 4.78 is 13.9. The number of carbonyl (C=O) groups is 2. The maximum atomic E-state index is 13.5. The third kappa shape index (κ3) is 5.01. The van der Waals surface area contributed by atoms with Crippen LogP contribution in [-0.4, -0.2) is 35.2 Å². The first kappa shape index (κ1) is 16.8. The summed E-state index contributed by atoms with van der Waals surface area (Å²) in [4.78, 5) is 22.7. The smallest absolute Gasteiger partial charge is 0.326 e. The fraction of sp³-hybridized carbons (Fsp3) is 0.333. The molecule has 1 aromatic rings. The highest BCUT2D eigenvalue weighted by Crippen LogP contribution is 2.24. The Labute approximate surface area is 128 Å². The number of carboxylic acid groups (broad SMARTS) is 1. The van der Waals surface area contributed by atoms with Crippen molar-refractivity contribution in [3.63, 3.8) is 0 Å². The van der Waals surface area contributed by atoms with E-state index in [2.05, 4.69) is 26.6 Å². The Bertz CT molecular complexity index is 481. The number of urea groups is 1. The molecule has 0 saturated carbocycles. The number of nitrogens with one attached hydrogen (secondary N) is 2. The van der Waals surface area contributed by atoms with Crippen molar-refractivity contribution in [1.82, 2.24) is 5.32 Å². The van der Waals surface area contributed by atoms with Crippen molar-refractivity contribution in [2.24, 2.45) is 0 Å². The van der Waals surface area contributed by atoms with Crippen LogP contribution in [-0.2, 0) is 4.79 Å². The zero-order valence-corrected chi connectivity index (χ0v) is 13.1. The summed E-state index contributed by atoms with van der Waals surface area (Å²) in [6.45, 7) is 0. The number of thioether (sulfide) groups is 1. The molecule has 0 spiro atoms. The minimum atomic E-state index is -1.12. The van der Waals surface area contributed by atoms with Crippen molar-refractivity contribution >= 4 is 45.4 Å². The van der Waals surface area contributed by atoms with Gasteiger partial charge in [0.2, 0.25) is 0 Å². The topological polar surface area (TPSA) is 78.4 Å². The molecule has 1 rings (SSSR count). The average Bonchev–Trinajstić information content (AvgIpc) is 2.38. The zero-order valence-electron chi connectivity index (χ0n) is 10.7. The number of rotatable bonds is 6. The average molecular weight is 365 g/mol. The summed E-state index contributed by atoms with van der Waals surface area (Å²) in [6, 6.07) is 2.49. The van der Waals surface area contributed by atoms with Crippen LogP contribution < -0.4 is 10.6 Å². The van der Waals surface area contributed by atoms with Gasteiger partial charge < -0.3 is 15.7 Å². The van der Waals surface area contributed by atoms with Crippen molar-refractivity contribution < 1.29 is 19.1 Å². The largest absolute Gasteiger partial charge is 0.480 e. The summed E-state index contributed by atoms with van der Waals surface area (Å²) in [5, 5.41) is 13.6. The van der Waals surface area contributed by atoms with E-state index in [1.807, 2.05) is 6.26 Å². The summed E-state index contributed by atoms with van der Waals surface area (Å²) in [5.41, 5.74) is -0.0287. The lowest BCUT2D eigenvalue weighted by molar-refractivity contribution is -0.139. The molecule has 0 saturated heterocycles. The van der Waals surface area contributed by atoms with Crippen LogP contribution in [0.3, 0.4) is 0 Å². The molecule has 1 aromatic carbocycles. The molecule has 0 unspecified atom stereocenters. The normalized spacial score (nSPS) is 11.8. The maximum Gasteiger partial charge on any atom is 0.326 e. The number of halogens is 2. The number of hydrogen-bond acceptors (Lipinski definition) is 3. The van der Waals surface area contributed by atoms with E-state index < -0.39 is 23.9 Å². The van der Waals surface area contributed by atoms with Crippen molar-refractivity contribution in [3.8, 4) is 0 Å². The molecule has 0 bridgehead atoms. The SMILES string of the molecule is CSCC[C@@H](NC(=O)Nc1c(F)cccc1Br)C(=O)O. The third-order valence-corrected chi connectivity index (χ3v) is 3.72. The molecule has 2 amide bonds. The number of anilines is 1. The Morgan fingerprint density at radius 3 is 2.75 bits per heavy atom. The Balaban J connectivity index is 2.68. The summed E-state index contributed by atoms with van der Waals surface area (Å²) in [7, 11) is 0. The second kappa shape index (κ2) is 8.11. The first-order chi connectivity index (χ1) is 9.45. The third-order valence-electron chi connectivity index (χ3n) is 2.42. The zero-order chi connectivity index (χ0) is 15.1. The van der Waals surface area contributed by atoms with Gasteiger partial charge in [0.05, 0.1) is 5.69 Å². The number of carbonyl (C=O) groups excluding carboxylic acids is 1. The van der Waals surface area contributed by atoms with Gasteiger partial charge >= 0.3 is 12.0 Å². The monoisotopic (exact) mass is 364 g/mol. The highest BCUT2D eigenvalue weighted by atomic mass is 79.9. The first-order valence-corrected chi connectivity index (χ1v) is 7.87. The molecule has 0 aromatic heterocycles. The molecule has 0 radical (unpaired) electrons. The van der Waals surface area contributed by atoms with E-state index in [1.165, 1.54) is 23.9 Å². The quantitative estimate of drug-likeness (QED) is 0.724. The molecule has 0 aliphatic carbocycles. The summed E-state index contributed by atoms with van der Waals surface area (Å²) in [6.07, 6.45) is 2.14. The molecular formula is C12H14BrFN2O3S. The Morgan fingerprint density at radius 1 is 1.50 bits per heavy atom. The number of hydrogen-bond donors (Lipinski definition) is 3. The maximum absolute atomic E-state index is 13.5. The number of aliphatic carboxylic acids is 1. The second-order valence-electron chi connectivity index (χ2n) is 3.87. The van der Waals surface area contributed by atoms with Gasteiger partial charge in [-0.05, 0) is 46.5 Å². The van der Waals surface area contributed by atoms with Crippen molar-refractivity contribution in [1.29, 1.82) is 0 Å². The molecule has 1 atom stereocenters. The molecule has 110 valence electrons. The van der Waals surface area contributed by atoms with E-state index >= 15 is 0 Å². The number of benzene rings is 1. The Kier molecular flexibility index (Phi) is 6.80. The summed E-state index contributed by atoms with van der Waals surface area (Å²) in [5.74, 6) is -1.13. The lowest BCUT2D eigenvalue weighted by atomic mass is 10.2. The van der Waals surface area contributed by atoms with Gasteiger partial charge in [-0.2, -0.15) is 11.8 Å². The second-order valence-corrected chi connectivity index (χ2v) is 5.71. The molecule has 8 heteroatoms. The van der Waals surface area contributed by atoms with Gasteiger partial charge in [0, 0.05) is 4.47 Å². The summed E-state index contributed by atoms with van der Waals surface area (Å²) >= 11 is 4.59. The molecule has 5 nitrogen and oxygen atoms in total. The fourth-order valence-electron chi connectivity index (χ4n) is 1.42. The van der Waals surface area contributed by atoms with Crippen LogP contribution >= 0.6 is 27.7 Å². The minimum absolute atomic E-state index is 0.0287. The molecule has 3 N–H and O–H groups in total. The number of para-hydroxylation sites is 1. The van der Waals surface area contributed by atoms with Gasteiger partial charge in [0.15, 0.2) is 0 Å². The Morgan fingerprint density at radius 2 is 2.20 bits per heavy atom. The van der Waals surface area contributed by atoms with Crippen LogP contribution in [0.2, 0.25) is 0 Å². The van der Waals surface area contributed by atoms with Gasteiger partial charge in [-0.1, -0.05) is 6.07 Å². The van der Waals surface area contributed by atoms with Gasteiger partial charge in [-0.25, -0.2) is 14.0 Å². The van der Waals surface area contributed by atoms with E-state index in [0.29, 0.717) is 16.6 Å². The first-order valence-electron chi connectivity index (χ1n) is 5.69. The lowest BCUT2D eigenvalue weighted by Crippen LogP contribution is -2.43. The lowest BCUT2D eigenvalue weighted by Gasteiger charge is -2.15. The van der Waals surface area contributed by atoms with Crippen molar-refractivity contribution in [2.45, 2.75) is 12.5 Å². The van der Waals surface area contributed by atoms with Crippen LogP contribution in [0, 0.1) is 5.82 Å². The number of amides is 2. The van der Waals surface area contributed by atoms with E-state index in [-0.39, 0.29) is 5.69 Å². The van der Waals surface area contributed by atoms with Crippen LogP contribution in [0.25, 0.3) is 0 Å². The van der Waals surface area contributed by atoms with Crippen molar-refractivity contribution in [2.75, 3.05) is 17.3 Å². The van der Waals surface area contributed by atoms with Gasteiger partial charge in [-0.3, -0.25) is 0 Å². The van der Waals surface area contributed by atoms with E-state index in [9.17, 15) is 14.0 Å².